The maximum Gasteiger partial charge on any atom is 0.0434 e. The van der Waals surface area contributed by atoms with E-state index >= 15 is 0 Å². The second-order valence-electron chi connectivity index (χ2n) is 19.5. The zero-order valence-corrected chi connectivity index (χ0v) is 37.7. The molecule has 0 spiro atoms. The van der Waals surface area contributed by atoms with Crippen LogP contribution in [0.2, 0.25) is 0 Å². The van der Waals surface area contributed by atoms with Crippen LogP contribution >= 0.6 is 11.3 Å². The summed E-state index contributed by atoms with van der Waals surface area (Å²) in [7, 11) is 0. The summed E-state index contributed by atoms with van der Waals surface area (Å²) in [6, 6.07) is 73.8. The molecule has 2 aliphatic rings. The van der Waals surface area contributed by atoms with Crippen molar-refractivity contribution in [3.8, 4) is 55.6 Å². The van der Waals surface area contributed by atoms with Gasteiger partial charge >= 0.3 is 0 Å². The quantitative estimate of drug-likeness (QED) is 0.155. The van der Waals surface area contributed by atoms with Gasteiger partial charge in [0.05, 0.1) is 0 Å². The first-order chi connectivity index (χ1) is 31.8. The van der Waals surface area contributed by atoms with Crippen molar-refractivity contribution < 1.29 is 0 Å². The summed E-state index contributed by atoms with van der Waals surface area (Å²) in [6.07, 6.45) is 0. The summed E-state index contributed by atoms with van der Waals surface area (Å²) in [4.78, 5) is 0. The van der Waals surface area contributed by atoms with E-state index < -0.39 is 0 Å². The maximum atomic E-state index is 2.51. The lowest BCUT2D eigenvalue weighted by molar-refractivity contribution is 0.660. The van der Waals surface area contributed by atoms with Crippen molar-refractivity contribution in [1.29, 1.82) is 0 Å². The van der Waals surface area contributed by atoms with Crippen molar-refractivity contribution in [3.05, 3.63) is 216 Å². The third kappa shape index (κ3) is 5.02. The third-order valence-corrected chi connectivity index (χ3v) is 16.7. The zero-order valence-electron chi connectivity index (χ0n) is 36.9. The molecule has 0 amide bonds. The summed E-state index contributed by atoms with van der Waals surface area (Å²) in [6.45, 7) is 9.67. The predicted octanol–water partition coefficient (Wildman–Crippen LogP) is 18.3. The molecule has 12 aromatic rings. The molecule has 1 aromatic heterocycles. The van der Waals surface area contributed by atoms with Gasteiger partial charge in [-0.25, -0.2) is 0 Å². The van der Waals surface area contributed by atoms with Crippen LogP contribution in [-0.4, -0.2) is 0 Å². The molecule has 0 bridgehead atoms. The Morgan fingerprint density at radius 3 is 1.45 bits per heavy atom. The minimum Gasteiger partial charge on any atom is -0.135 e. The summed E-state index contributed by atoms with van der Waals surface area (Å²) >= 11 is 1.92. The first-order valence-electron chi connectivity index (χ1n) is 23.0. The van der Waals surface area contributed by atoms with E-state index in [1.165, 1.54) is 141 Å². The average Bonchev–Trinajstić information content (AvgIpc) is 3.92. The number of hydrogen-bond acceptors (Lipinski definition) is 1. The van der Waals surface area contributed by atoms with E-state index in [0.717, 1.165) is 0 Å². The van der Waals surface area contributed by atoms with Crippen LogP contribution in [0.1, 0.15) is 49.9 Å². The molecule has 65 heavy (non-hydrogen) atoms. The Balaban J connectivity index is 0.877. The smallest absolute Gasteiger partial charge is 0.0434 e. The molecule has 0 atom stereocenters. The fourth-order valence-electron chi connectivity index (χ4n) is 12.2. The van der Waals surface area contributed by atoms with Crippen LogP contribution in [0.15, 0.2) is 194 Å². The lowest BCUT2D eigenvalue weighted by Gasteiger charge is -2.24. The molecule has 0 nitrogen and oxygen atoms in total. The van der Waals surface area contributed by atoms with E-state index in [1.807, 2.05) is 11.3 Å². The largest absolute Gasteiger partial charge is 0.135 e. The van der Waals surface area contributed by atoms with Crippen LogP contribution in [0.4, 0.5) is 0 Å². The molecule has 1 heteroatoms. The average molecular weight is 845 g/mol. The van der Waals surface area contributed by atoms with E-state index in [0.29, 0.717) is 0 Å². The molecular formula is C64H44S. The van der Waals surface area contributed by atoms with Crippen LogP contribution in [0, 0.1) is 0 Å². The second kappa shape index (κ2) is 13.1. The number of fused-ring (bicyclic) bond motifs is 15. The number of benzene rings is 11. The zero-order chi connectivity index (χ0) is 43.3. The lowest BCUT2D eigenvalue weighted by Crippen LogP contribution is -2.15. The van der Waals surface area contributed by atoms with Crippen molar-refractivity contribution in [1.82, 2.24) is 0 Å². The van der Waals surface area contributed by atoms with E-state index in [4.69, 9.17) is 0 Å². The Morgan fingerprint density at radius 1 is 0.292 bits per heavy atom. The van der Waals surface area contributed by atoms with Gasteiger partial charge in [0.2, 0.25) is 0 Å². The fourth-order valence-corrected chi connectivity index (χ4v) is 13.5. The summed E-state index contributed by atoms with van der Waals surface area (Å²) in [5, 5.41) is 13.1. The molecule has 0 aliphatic heterocycles. The molecular weight excluding hydrogens is 801 g/mol. The van der Waals surface area contributed by atoms with E-state index in [2.05, 4.69) is 222 Å². The molecule has 14 rings (SSSR count). The third-order valence-electron chi connectivity index (χ3n) is 15.5. The van der Waals surface area contributed by atoms with Gasteiger partial charge < -0.3 is 0 Å². The van der Waals surface area contributed by atoms with Gasteiger partial charge in [-0.3, -0.25) is 0 Å². The summed E-state index contributed by atoms with van der Waals surface area (Å²) in [5.41, 5.74) is 18.5. The van der Waals surface area contributed by atoms with Gasteiger partial charge in [-0.1, -0.05) is 198 Å². The molecule has 0 unspecified atom stereocenters. The topological polar surface area (TPSA) is 0 Å². The highest BCUT2D eigenvalue weighted by Crippen LogP contribution is 2.56. The molecule has 0 saturated carbocycles. The van der Waals surface area contributed by atoms with Crippen LogP contribution in [0.25, 0.3) is 119 Å². The van der Waals surface area contributed by atoms with E-state index in [9.17, 15) is 0 Å². The van der Waals surface area contributed by atoms with Crippen molar-refractivity contribution in [2.24, 2.45) is 0 Å². The molecule has 2 aliphatic carbocycles. The Morgan fingerprint density at radius 2 is 0.754 bits per heavy atom. The van der Waals surface area contributed by atoms with Crippen molar-refractivity contribution in [2.75, 3.05) is 0 Å². The Hall–Kier alpha value is -7.32. The van der Waals surface area contributed by atoms with Crippen molar-refractivity contribution in [2.45, 2.75) is 38.5 Å². The molecule has 0 saturated heterocycles. The lowest BCUT2D eigenvalue weighted by atomic mass is 9.79. The van der Waals surface area contributed by atoms with Crippen molar-refractivity contribution >= 4 is 74.6 Å². The number of rotatable bonds is 3. The molecule has 11 aromatic carbocycles. The van der Waals surface area contributed by atoms with E-state index in [1.54, 1.807) is 0 Å². The van der Waals surface area contributed by atoms with Gasteiger partial charge in [-0.05, 0) is 140 Å². The predicted molar refractivity (Wildman–Crippen MR) is 281 cm³/mol. The molecule has 306 valence electrons. The second-order valence-corrected chi connectivity index (χ2v) is 20.6. The minimum absolute atomic E-state index is 0.117. The minimum atomic E-state index is -0.186. The highest BCUT2D eigenvalue weighted by atomic mass is 32.1. The van der Waals surface area contributed by atoms with Crippen LogP contribution < -0.4 is 0 Å². The Labute approximate surface area is 383 Å². The molecule has 0 radical (unpaired) electrons. The standard InChI is InChI=1S/C64H44S/c1-63(2)54-33-32-52-50(30-31-51-44-17-11-12-23-58(44)65-62(51)52)61(54)53-29-25-39(35-57(53)63)38-24-27-42-43-28-26-40(36-56(43)64(3,4)55(42)34-38)59-46-18-7-9-20-48(46)60(49-21-10-8-19-47(49)59)45-22-13-15-37-14-5-6-16-41(37)45/h5-36H,1-4H3. The van der Waals surface area contributed by atoms with Crippen LogP contribution in [-0.2, 0) is 10.8 Å². The summed E-state index contributed by atoms with van der Waals surface area (Å²) in [5.74, 6) is 0. The van der Waals surface area contributed by atoms with Gasteiger partial charge in [0.15, 0.2) is 0 Å². The first kappa shape index (κ1) is 37.1. The van der Waals surface area contributed by atoms with Gasteiger partial charge in [0.25, 0.3) is 0 Å². The van der Waals surface area contributed by atoms with Crippen LogP contribution in [0.3, 0.4) is 0 Å². The SMILES string of the molecule is CC1(C)c2cc(-c3ccc4c(c3)C(C)(C)c3ccc5c(ccc6c7ccccc7sc56)c3-4)ccc2-c2ccc(-c3c4ccccc4c(-c4cccc5ccccc45)c4ccccc34)cc21. The maximum absolute atomic E-state index is 2.51. The summed E-state index contributed by atoms with van der Waals surface area (Å²) < 4.78 is 2.74. The van der Waals surface area contributed by atoms with Crippen molar-refractivity contribution in [3.63, 3.8) is 0 Å². The molecule has 0 fully saturated rings. The Bertz CT molecular complexity index is 4000. The van der Waals surface area contributed by atoms with Gasteiger partial charge in [-0.2, -0.15) is 0 Å². The fraction of sp³-hybridized carbons (Fsp3) is 0.0938. The highest BCUT2D eigenvalue weighted by molar-refractivity contribution is 7.26. The highest BCUT2D eigenvalue weighted by Gasteiger charge is 2.39. The first-order valence-corrected chi connectivity index (χ1v) is 23.8. The number of thiophene rings is 1. The van der Waals surface area contributed by atoms with Crippen LogP contribution in [0.5, 0.6) is 0 Å². The number of hydrogen-bond donors (Lipinski definition) is 0. The normalized spacial score (nSPS) is 14.4. The molecule has 0 N–H and O–H groups in total. The monoisotopic (exact) mass is 844 g/mol. The van der Waals surface area contributed by atoms with Gasteiger partial charge in [0.1, 0.15) is 0 Å². The Kier molecular flexibility index (Phi) is 7.49. The van der Waals surface area contributed by atoms with Gasteiger partial charge in [0, 0.05) is 36.4 Å². The van der Waals surface area contributed by atoms with Gasteiger partial charge in [-0.15, -0.1) is 11.3 Å². The van der Waals surface area contributed by atoms with E-state index in [-0.39, 0.29) is 10.8 Å². The molecule has 1 heterocycles.